The fourth-order valence-corrected chi connectivity index (χ4v) is 5.94. The smallest absolute Gasteiger partial charge is 0.335 e. The predicted octanol–water partition coefficient (Wildman–Crippen LogP) is 7.58. The van der Waals surface area contributed by atoms with Crippen LogP contribution in [0, 0.1) is 6.92 Å². The molecule has 186 valence electrons. The van der Waals surface area contributed by atoms with E-state index in [-0.39, 0.29) is 24.2 Å². The number of H-pyrrole nitrogens is 1. The Hall–Kier alpha value is -3.15. The molecule has 0 bridgehead atoms. The van der Waals surface area contributed by atoms with E-state index in [1.54, 1.807) is 38.1 Å². The van der Waals surface area contributed by atoms with E-state index in [4.69, 9.17) is 11.6 Å². The van der Waals surface area contributed by atoms with Crippen LogP contribution in [0.3, 0.4) is 0 Å². The van der Waals surface area contributed by atoms with E-state index >= 15 is 4.39 Å². The van der Waals surface area contributed by atoms with Crippen molar-refractivity contribution in [3.63, 3.8) is 0 Å². The first kappa shape index (κ1) is 24.5. The second-order valence-corrected chi connectivity index (χ2v) is 10.9. The van der Waals surface area contributed by atoms with Crippen LogP contribution in [0.25, 0.3) is 22.0 Å². The Kier molecular flexibility index (Phi) is 6.17. The molecule has 1 aromatic heterocycles. The van der Waals surface area contributed by atoms with Crippen LogP contribution in [-0.4, -0.2) is 39.2 Å². The van der Waals surface area contributed by atoms with Crippen LogP contribution in [0.5, 0.6) is 0 Å². The minimum Gasteiger partial charge on any atom is -0.478 e. The van der Waals surface area contributed by atoms with Crippen LogP contribution < -0.4 is 0 Å². The molecule has 0 amide bonds. The van der Waals surface area contributed by atoms with Gasteiger partial charge in [0.05, 0.1) is 11.6 Å². The molecular weight excluding hydrogens is 475 g/mol. The normalized spacial score (nSPS) is 18.4. The molecule has 0 spiro atoms. The van der Waals surface area contributed by atoms with Crippen molar-refractivity contribution >= 4 is 28.5 Å². The number of halogens is 2. The average molecular weight is 505 g/mol. The number of aromatic carboxylic acids is 1. The van der Waals surface area contributed by atoms with Crippen LogP contribution in [0.1, 0.15) is 59.6 Å². The Morgan fingerprint density at radius 3 is 2.47 bits per heavy atom. The zero-order valence-electron chi connectivity index (χ0n) is 20.9. The summed E-state index contributed by atoms with van der Waals surface area (Å²) >= 11 is 7.02. The summed E-state index contributed by atoms with van der Waals surface area (Å²) in [6.07, 6.45) is 0.830. The Balaban J connectivity index is 1.66. The van der Waals surface area contributed by atoms with Gasteiger partial charge in [-0.25, -0.2) is 9.18 Å². The highest BCUT2D eigenvalue weighted by atomic mass is 35.5. The first-order chi connectivity index (χ1) is 17.0. The number of alkyl halides is 1. The molecule has 0 saturated heterocycles. The van der Waals surface area contributed by atoms with Gasteiger partial charge >= 0.3 is 5.97 Å². The van der Waals surface area contributed by atoms with E-state index in [0.717, 1.165) is 39.9 Å². The molecule has 1 aliphatic heterocycles. The summed E-state index contributed by atoms with van der Waals surface area (Å²) in [5, 5.41) is 11.0. The minimum absolute atomic E-state index is 0.121. The second-order valence-electron chi connectivity index (χ2n) is 10.5. The first-order valence-corrected chi connectivity index (χ1v) is 12.6. The quantitative estimate of drug-likeness (QED) is 0.294. The summed E-state index contributed by atoms with van der Waals surface area (Å²) < 4.78 is 15.1. The summed E-state index contributed by atoms with van der Waals surface area (Å²) in [4.78, 5) is 17.1. The van der Waals surface area contributed by atoms with Gasteiger partial charge in [-0.05, 0) is 86.2 Å². The van der Waals surface area contributed by atoms with Crippen LogP contribution in [0.15, 0.2) is 60.7 Å². The van der Waals surface area contributed by atoms with Gasteiger partial charge in [-0.15, -0.1) is 0 Å². The number of fused-ring (bicyclic) bond motifs is 3. The maximum Gasteiger partial charge on any atom is 0.335 e. The SMILES string of the molecule is Cc1cc(-c2ccc(C(=O)O)cc2)cc(Cl)c1[C@@H]1c2[nH]c3ccccc3c2C[C@@H](C)N1CC(C)(C)F. The lowest BCUT2D eigenvalue weighted by molar-refractivity contribution is 0.0665. The number of carbonyl (C=O) groups is 1. The summed E-state index contributed by atoms with van der Waals surface area (Å²) in [5.41, 5.74) is 6.05. The highest BCUT2D eigenvalue weighted by molar-refractivity contribution is 6.32. The van der Waals surface area contributed by atoms with Crippen molar-refractivity contribution in [1.82, 2.24) is 9.88 Å². The number of para-hydroxylation sites is 1. The van der Waals surface area contributed by atoms with Crippen molar-refractivity contribution in [1.29, 1.82) is 0 Å². The summed E-state index contributed by atoms with van der Waals surface area (Å²) in [7, 11) is 0. The zero-order chi connectivity index (χ0) is 25.8. The molecule has 2 atom stereocenters. The van der Waals surface area contributed by atoms with Crippen molar-refractivity contribution in [2.45, 2.75) is 51.9 Å². The lowest BCUT2D eigenvalue weighted by Gasteiger charge is -2.43. The molecule has 2 N–H and O–H groups in total. The molecule has 4 aromatic rings. The lowest BCUT2D eigenvalue weighted by atomic mass is 9.85. The van der Waals surface area contributed by atoms with Gasteiger partial charge in [-0.3, -0.25) is 4.90 Å². The van der Waals surface area contributed by atoms with Gasteiger partial charge in [0.2, 0.25) is 0 Å². The van der Waals surface area contributed by atoms with Crippen molar-refractivity contribution in [3.05, 3.63) is 93.6 Å². The van der Waals surface area contributed by atoms with Gasteiger partial charge in [0.1, 0.15) is 5.67 Å². The highest BCUT2D eigenvalue weighted by Crippen LogP contribution is 2.45. The molecule has 0 fully saturated rings. The van der Waals surface area contributed by atoms with E-state index in [9.17, 15) is 9.90 Å². The Bertz CT molecular complexity index is 1430. The van der Waals surface area contributed by atoms with Gasteiger partial charge in [0, 0.05) is 34.2 Å². The molecule has 0 aliphatic carbocycles. The van der Waals surface area contributed by atoms with E-state index in [2.05, 4.69) is 41.1 Å². The standard InChI is InChI=1S/C30H30ClFN2O2/c1-17-13-21(19-9-11-20(12-10-19)29(35)36)15-24(31)26(17)28-27-23(22-7-5-6-8-25(22)33-27)14-18(2)34(28)16-30(3,4)32/h5-13,15,18,28,33H,14,16H2,1-4H3,(H,35,36)/t18-,28-/m1/s1. The van der Waals surface area contributed by atoms with E-state index in [1.165, 1.54) is 10.9 Å². The molecule has 5 rings (SSSR count). The van der Waals surface area contributed by atoms with Gasteiger partial charge in [-0.1, -0.05) is 48.0 Å². The van der Waals surface area contributed by atoms with Crippen molar-refractivity contribution in [2.75, 3.05) is 6.54 Å². The molecule has 2 heterocycles. The van der Waals surface area contributed by atoms with Crippen molar-refractivity contribution in [3.8, 4) is 11.1 Å². The number of aromatic amines is 1. The maximum absolute atomic E-state index is 15.1. The molecule has 0 saturated carbocycles. The van der Waals surface area contributed by atoms with Crippen molar-refractivity contribution < 1.29 is 14.3 Å². The monoisotopic (exact) mass is 504 g/mol. The summed E-state index contributed by atoms with van der Waals surface area (Å²) in [6, 6.07) is 19.0. The zero-order valence-corrected chi connectivity index (χ0v) is 21.7. The Morgan fingerprint density at radius 1 is 1.14 bits per heavy atom. The number of aromatic nitrogens is 1. The molecule has 6 heteroatoms. The fraction of sp³-hybridized carbons (Fsp3) is 0.300. The minimum atomic E-state index is -1.37. The number of carboxylic acid groups (broad SMARTS) is 1. The molecule has 0 unspecified atom stereocenters. The molecule has 1 aliphatic rings. The number of benzene rings is 3. The number of carboxylic acids is 1. The average Bonchev–Trinajstić information content (AvgIpc) is 3.17. The highest BCUT2D eigenvalue weighted by Gasteiger charge is 2.39. The van der Waals surface area contributed by atoms with Gasteiger partial charge in [-0.2, -0.15) is 0 Å². The Labute approximate surface area is 215 Å². The fourth-order valence-electron chi connectivity index (χ4n) is 5.57. The first-order valence-electron chi connectivity index (χ1n) is 12.2. The second kappa shape index (κ2) is 9.06. The number of nitrogens with zero attached hydrogens (tertiary/aromatic N) is 1. The number of aryl methyl sites for hydroxylation is 1. The van der Waals surface area contributed by atoms with Crippen LogP contribution >= 0.6 is 11.6 Å². The molecule has 36 heavy (non-hydrogen) atoms. The van der Waals surface area contributed by atoms with E-state index in [1.807, 2.05) is 19.1 Å². The third kappa shape index (κ3) is 4.42. The Morgan fingerprint density at radius 2 is 1.83 bits per heavy atom. The van der Waals surface area contributed by atoms with Crippen molar-refractivity contribution in [2.24, 2.45) is 0 Å². The third-order valence-corrected chi connectivity index (χ3v) is 7.46. The molecule has 3 aromatic carbocycles. The van der Waals surface area contributed by atoms with E-state index in [0.29, 0.717) is 5.02 Å². The largest absolute Gasteiger partial charge is 0.478 e. The van der Waals surface area contributed by atoms with Crippen LogP contribution in [-0.2, 0) is 6.42 Å². The van der Waals surface area contributed by atoms with E-state index < -0.39 is 11.6 Å². The topological polar surface area (TPSA) is 56.3 Å². The predicted molar refractivity (Wildman–Crippen MR) is 144 cm³/mol. The molecule has 4 nitrogen and oxygen atoms in total. The molecular formula is C30H30ClFN2O2. The number of hydrogen-bond donors (Lipinski definition) is 2. The van der Waals surface area contributed by atoms with Gasteiger partial charge in [0.25, 0.3) is 0 Å². The summed E-state index contributed by atoms with van der Waals surface area (Å²) in [6.45, 7) is 7.72. The lowest BCUT2D eigenvalue weighted by Crippen LogP contribution is -2.48. The van der Waals surface area contributed by atoms with Crippen LogP contribution in [0.2, 0.25) is 5.02 Å². The summed E-state index contributed by atoms with van der Waals surface area (Å²) in [5.74, 6) is -0.956. The maximum atomic E-state index is 15.1. The number of rotatable bonds is 5. The van der Waals surface area contributed by atoms with Crippen LogP contribution in [0.4, 0.5) is 4.39 Å². The third-order valence-electron chi connectivity index (χ3n) is 7.15. The number of nitrogens with one attached hydrogen (secondary N) is 1. The molecule has 0 radical (unpaired) electrons. The van der Waals surface area contributed by atoms with Gasteiger partial charge in [0.15, 0.2) is 0 Å². The van der Waals surface area contributed by atoms with Gasteiger partial charge < -0.3 is 10.1 Å². The number of hydrogen-bond acceptors (Lipinski definition) is 2.